The lowest BCUT2D eigenvalue weighted by Crippen LogP contribution is -1.98. The Kier molecular flexibility index (Phi) is 4.22. The van der Waals surface area contributed by atoms with Crippen molar-refractivity contribution in [3.05, 3.63) is 78.1 Å². The summed E-state index contributed by atoms with van der Waals surface area (Å²) < 4.78 is 7.97. The molecule has 0 radical (unpaired) electrons. The fraction of sp³-hybridized carbons (Fsp3) is 0.0476. The fourth-order valence-electron chi connectivity index (χ4n) is 3.07. The quantitative estimate of drug-likeness (QED) is 0.418. The van der Waals surface area contributed by atoms with Gasteiger partial charge in [-0.15, -0.1) is 0 Å². The van der Waals surface area contributed by atoms with E-state index in [0.29, 0.717) is 16.5 Å². The molecule has 5 aromatic rings. The molecule has 8 heteroatoms. The number of halogens is 1. The molecule has 1 N–H and O–H groups in total. The van der Waals surface area contributed by atoms with Gasteiger partial charge in [-0.3, -0.25) is 0 Å². The molecule has 29 heavy (non-hydrogen) atoms. The molecule has 0 bridgehead atoms. The second kappa shape index (κ2) is 7.03. The van der Waals surface area contributed by atoms with Gasteiger partial charge in [0.25, 0.3) is 0 Å². The van der Waals surface area contributed by atoms with Crippen LogP contribution >= 0.6 is 11.6 Å². The zero-order valence-electron chi connectivity index (χ0n) is 15.4. The molecule has 0 saturated carbocycles. The van der Waals surface area contributed by atoms with Gasteiger partial charge in [0.05, 0.1) is 5.52 Å². The van der Waals surface area contributed by atoms with Gasteiger partial charge < -0.3 is 14.5 Å². The van der Waals surface area contributed by atoms with Crippen molar-refractivity contribution >= 4 is 39.8 Å². The Morgan fingerprint density at radius 3 is 2.83 bits per heavy atom. The highest BCUT2D eigenvalue weighted by atomic mass is 35.5. The SMILES string of the molecule is Cc1cc(Nc2ncnc3ccc(Cl)nc23)ccc1Oc1ccn2ccnc2c1. The molecule has 0 aliphatic rings. The third-order valence-electron chi connectivity index (χ3n) is 4.48. The molecule has 0 saturated heterocycles. The van der Waals surface area contributed by atoms with Gasteiger partial charge in [0.1, 0.15) is 34.1 Å². The molecule has 7 nitrogen and oxygen atoms in total. The highest BCUT2D eigenvalue weighted by molar-refractivity contribution is 6.29. The van der Waals surface area contributed by atoms with E-state index < -0.39 is 0 Å². The van der Waals surface area contributed by atoms with Crippen LogP contribution in [0.3, 0.4) is 0 Å². The number of hydrogen-bond acceptors (Lipinski definition) is 6. The smallest absolute Gasteiger partial charge is 0.160 e. The maximum Gasteiger partial charge on any atom is 0.160 e. The number of benzene rings is 1. The summed E-state index contributed by atoms with van der Waals surface area (Å²) in [5.41, 5.74) is 4.01. The number of aryl methyl sites for hydroxylation is 1. The van der Waals surface area contributed by atoms with Crippen molar-refractivity contribution in [2.24, 2.45) is 0 Å². The average Bonchev–Trinajstić information content (AvgIpc) is 3.18. The molecule has 0 aliphatic carbocycles. The minimum atomic E-state index is 0.393. The summed E-state index contributed by atoms with van der Waals surface area (Å²) in [7, 11) is 0. The fourth-order valence-corrected chi connectivity index (χ4v) is 3.22. The van der Waals surface area contributed by atoms with Crippen molar-refractivity contribution in [3.63, 3.8) is 0 Å². The van der Waals surface area contributed by atoms with Crippen molar-refractivity contribution in [1.82, 2.24) is 24.3 Å². The van der Waals surface area contributed by atoms with Crippen LogP contribution in [0.4, 0.5) is 11.5 Å². The minimum Gasteiger partial charge on any atom is -0.457 e. The summed E-state index contributed by atoms with van der Waals surface area (Å²) in [4.78, 5) is 17.1. The molecule has 4 heterocycles. The average molecular weight is 403 g/mol. The van der Waals surface area contributed by atoms with E-state index in [1.807, 2.05) is 60.1 Å². The molecule has 0 aliphatic heterocycles. The van der Waals surface area contributed by atoms with Crippen LogP contribution in [0.1, 0.15) is 5.56 Å². The third-order valence-corrected chi connectivity index (χ3v) is 4.69. The topological polar surface area (TPSA) is 77.2 Å². The van der Waals surface area contributed by atoms with Crippen LogP contribution in [0.15, 0.2) is 67.4 Å². The number of nitrogens with zero attached hydrogens (tertiary/aromatic N) is 5. The van der Waals surface area contributed by atoms with Crippen molar-refractivity contribution in [3.8, 4) is 11.5 Å². The number of imidazole rings is 1. The number of ether oxygens (including phenoxy) is 1. The predicted octanol–water partition coefficient (Wildman–Crippen LogP) is 5.17. The minimum absolute atomic E-state index is 0.393. The summed E-state index contributed by atoms with van der Waals surface area (Å²) in [6, 6.07) is 13.2. The van der Waals surface area contributed by atoms with E-state index in [4.69, 9.17) is 16.3 Å². The Labute approximate surface area is 171 Å². The van der Waals surface area contributed by atoms with E-state index in [1.165, 1.54) is 6.33 Å². The lowest BCUT2D eigenvalue weighted by atomic mass is 10.2. The monoisotopic (exact) mass is 402 g/mol. The standard InChI is InChI=1S/C21H15ClN6O/c1-13-10-14(26-21-20-16(24-12-25-21)3-5-18(22)27-20)2-4-17(13)29-15-6-8-28-9-7-23-19(28)11-15/h2-12H,1H3,(H,24,25,26). The van der Waals surface area contributed by atoms with Crippen LogP contribution < -0.4 is 10.1 Å². The summed E-state index contributed by atoms with van der Waals surface area (Å²) in [6.07, 6.45) is 7.06. The summed E-state index contributed by atoms with van der Waals surface area (Å²) >= 11 is 6.03. The Balaban J connectivity index is 1.42. The van der Waals surface area contributed by atoms with E-state index in [1.54, 1.807) is 12.3 Å². The molecule has 0 spiro atoms. The van der Waals surface area contributed by atoms with Crippen LogP contribution in [-0.2, 0) is 0 Å². The van der Waals surface area contributed by atoms with Gasteiger partial charge >= 0.3 is 0 Å². The maximum atomic E-state index is 6.04. The summed E-state index contributed by atoms with van der Waals surface area (Å²) in [6.45, 7) is 1.99. The van der Waals surface area contributed by atoms with Crippen molar-refractivity contribution in [2.45, 2.75) is 6.92 Å². The molecule has 5 rings (SSSR count). The highest BCUT2D eigenvalue weighted by Crippen LogP contribution is 2.30. The lowest BCUT2D eigenvalue weighted by Gasteiger charge is -2.12. The van der Waals surface area contributed by atoms with Gasteiger partial charge in [-0.25, -0.2) is 19.9 Å². The van der Waals surface area contributed by atoms with Crippen molar-refractivity contribution in [2.75, 3.05) is 5.32 Å². The number of rotatable bonds is 4. The number of aromatic nitrogens is 5. The van der Waals surface area contributed by atoms with Gasteiger partial charge in [-0.05, 0) is 48.9 Å². The second-order valence-electron chi connectivity index (χ2n) is 6.49. The first-order valence-electron chi connectivity index (χ1n) is 8.91. The summed E-state index contributed by atoms with van der Waals surface area (Å²) in [5.74, 6) is 2.09. The second-order valence-corrected chi connectivity index (χ2v) is 6.87. The number of pyridine rings is 2. The third kappa shape index (κ3) is 3.43. The molecule has 0 atom stereocenters. The van der Waals surface area contributed by atoms with Gasteiger partial charge in [-0.1, -0.05) is 11.6 Å². The number of nitrogens with one attached hydrogen (secondary N) is 1. The van der Waals surface area contributed by atoms with E-state index in [-0.39, 0.29) is 0 Å². The number of hydrogen-bond donors (Lipinski definition) is 1. The molecule has 142 valence electrons. The van der Waals surface area contributed by atoms with Crippen LogP contribution in [-0.4, -0.2) is 24.3 Å². The molecule has 4 aromatic heterocycles. The van der Waals surface area contributed by atoms with Gasteiger partial charge in [0, 0.05) is 30.3 Å². The zero-order chi connectivity index (χ0) is 19.8. The zero-order valence-corrected chi connectivity index (χ0v) is 16.1. The highest BCUT2D eigenvalue weighted by Gasteiger charge is 2.09. The normalized spacial score (nSPS) is 11.1. The van der Waals surface area contributed by atoms with Crippen molar-refractivity contribution in [1.29, 1.82) is 0 Å². The van der Waals surface area contributed by atoms with E-state index >= 15 is 0 Å². The number of anilines is 2. The van der Waals surface area contributed by atoms with Crippen LogP contribution in [0.25, 0.3) is 16.7 Å². The van der Waals surface area contributed by atoms with Gasteiger partial charge in [-0.2, -0.15) is 0 Å². The molecule has 0 unspecified atom stereocenters. The van der Waals surface area contributed by atoms with E-state index in [2.05, 4.69) is 25.3 Å². The Hall–Kier alpha value is -3.71. The van der Waals surface area contributed by atoms with Crippen LogP contribution in [0.5, 0.6) is 11.5 Å². The first-order chi connectivity index (χ1) is 14.2. The molecular formula is C21H15ClN6O. The van der Waals surface area contributed by atoms with Crippen LogP contribution in [0.2, 0.25) is 5.15 Å². The summed E-state index contributed by atoms with van der Waals surface area (Å²) in [5, 5.41) is 3.68. The maximum absolute atomic E-state index is 6.04. The first-order valence-corrected chi connectivity index (χ1v) is 9.29. The molecule has 0 amide bonds. The van der Waals surface area contributed by atoms with Gasteiger partial charge in [0.2, 0.25) is 0 Å². The molecular weight excluding hydrogens is 388 g/mol. The van der Waals surface area contributed by atoms with Gasteiger partial charge in [0.15, 0.2) is 5.82 Å². The molecule has 0 fully saturated rings. The number of fused-ring (bicyclic) bond motifs is 2. The van der Waals surface area contributed by atoms with E-state index in [9.17, 15) is 0 Å². The Morgan fingerprint density at radius 2 is 1.93 bits per heavy atom. The Bertz CT molecular complexity index is 1350. The molecule has 1 aromatic carbocycles. The van der Waals surface area contributed by atoms with Crippen molar-refractivity contribution < 1.29 is 4.74 Å². The van der Waals surface area contributed by atoms with Crippen LogP contribution in [0, 0.1) is 6.92 Å². The Morgan fingerprint density at radius 1 is 1.00 bits per heavy atom. The predicted molar refractivity (Wildman–Crippen MR) is 112 cm³/mol. The lowest BCUT2D eigenvalue weighted by molar-refractivity contribution is 0.478. The first kappa shape index (κ1) is 17.4. The largest absolute Gasteiger partial charge is 0.457 e. The van der Waals surface area contributed by atoms with E-state index in [0.717, 1.165) is 33.9 Å².